The highest BCUT2D eigenvalue weighted by atomic mass is 16.6. The number of hydrogen-bond donors (Lipinski definition) is 0. The van der Waals surface area contributed by atoms with Gasteiger partial charge in [-0.25, -0.2) is 0 Å². The van der Waals surface area contributed by atoms with Crippen LogP contribution in [-0.2, 0) is 6.42 Å². The van der Waals surface area contributed by atoms with Crippen LogP contribution >= 0.6 is 0 Å². The molecule has 0 spiro atoms. The minimum absolute atomic E-state index is 0.652. The first-order valence-electron chi connectivity index (χ1n) is 7.14. The molecule has 19 heavy (non-hydrogen) atoms. The Morgan fingerprint density at radius 2 is 1.79 bits per heavy atom. The van der Waals surface area contributed by atoms with Gasteiger partial charge in [0.1, 0.15) is 13.2 Å². The van der Waals surface area contributed by atoms with Gasteiger partial charge >= 0.3 is 0 Å². The van der Waals surface area contributed by atoms with Crippen molar-refractivity contribution in [2.75, 3.05) is 51.3 Å². The van der Waals surface area contributed by atoms with Crippen molar-refractivity contribution in [3.8, 4) is 11.5 Å². The molecule has 0 amide bonds. The van der Waals surface area contributed by atoms with E-state index in [0.29, 0.717) is 13.2 Å². The number of nitrogens with zero attached hydrogens (tertiary/aromatic N) is 2. The zero-order valence-corrected chi connectivity index (χ0v) is 11.8. The average Bonchev–Trinajstić information content (AvgIpc) is 2.47. The van der Waals surface area contributed by atoms with Crippen molar-refractivity contribution in [2.45, 2.75) is 13.3 Å². The molecule has 1 aromatic rings. The lowest BCUT2D eigenvalue weighted by atomic mass is 10.1. The Labute approximate surface area is 114 Å². The minimum Gasteiger partial charge on any atom is -0.486 e. The molecule has 0 radical (unpaired) electrons. The van der Waals surface area contributed by atoms with E-state index in [-0.39, 0.29) is 0 Å². The van der Waals surface area contributed by atoms with Gasteiger partial charge in [-0.1, -0.05) is 6.92 Å². The second-order valence-electron chi connectivity index (χ2n) is 5.28. The molecule has 2 aliphatic heterocycles. The van der Waals surface area contributed by atoms with Crippen LogP contribution in [0.5, 0.6) is 11.5 Å². The maximum atomic E-state index is 5.85. The van der Waals surface area contributed by atoms with Crippen molar-refractivity contribution in [1.82, 2.24) is 4.90 Å². The van der Waals surface area contributed by atoms with E-state index in [2.05, 4.69) is 35.9 Å². The predicted molar refractivity (Wildman–Crippen MR) is 76.5 cm³/mol. The van der Waals surface area contributed by atoms with Crippen molar-refractivity contribution >= 4 is 5.69 Å². The van der Waals surface area contributed by atoms with Gasteiger partial charge in [-0.3, -0.25) is 0 Å². The quantitative estimate of drug-likeness (QED) is 0.811. The van der Waals surface area contributed by atoms with E-state index >= 15 is 0 Å². The van der Waals surface area contributed by atoms with E-state index in [9.17, 15) is 0 Å². The normalized spacial score (nSPS) is 19.6. The first kappa shape index (κ1) is 12.6. The number of benzene rings is 1. The van der Waals surface area contributed by atoms with Gasteiger partial charge in [-0.15, -0.1) is 0 Å². The van der Waals surface area contributed by atoms with Crippen LogP contribution in [0, 0.1) is 0 Å². The maximum absolute atomic E-state index is 5.85. The number of aryl methyl sites for hydroxylation is 1. The molecule has 2 heterocycles. The number of fused-ring (bicyclic) bond motifs is 1. The molecule has 0 bridgehead atoms. The van der Waals surface area contributed by atoms with Gasteiger partial charge in [0, 0.05) is 26.2 Å². The van der Waals surface area contributed by atoms with E-state index in [4.69, 9.17) is 9.47 Å². The van der Waals surface area contributed by atoms with Crippen molar-refractivity contribution in [1.29, 1.82) is 0 Å². The van der Waals surface area contributed by atoms with Crippen LogP contribution in [0.3, 0.4) is 0 Å². The molecule has 1 saturated heterocycles. The third kappa shape index (κ3) is 2.50. The van der Waals surface area contributed by atoms with Crippen molar-refractivity contribution in [3.05, 3.63) is 17.7 Å². The molecule has 1 aromatic carbocycles. The van der Waals surface area contributed by atoms with E-state index in [1.165, 1.54) is 11.3 Å². The summed E-state index contributed by atoms with van der Waals surface area (Å²) in [4.78, 5) is 4.79. The minimum atomic E-state index is 0.652. The smallest absolute Gasteiger partial charge is 0.184 e. The third-order valence-corrected chi connectivity index (χ3v) is 3.93. The Bertz CT molecular complexity index is 454. The number of rotatable bonds is 2. The SMILES string of the molecule is CCc1cc2c(c(N3CCN(C)CC3)c1)OCCO2. The third-order valence-electron chi connectivity index (χ3n) is 3.93. The molecule has 0 aromatic heterocycles. The van der Waals surface area contributed by atoms with Crippen LogP contribution in [0.4, 0.5) is 5.69 Å². The summed E-state index contributed by atoms with van der Waals surface area (Å²) >= 11 is 0. The molecule has 0 aliphatic carbocycles. The number of likely N-dealkylation sites (N-methyl/N-ethyl adjacent to an activating group) is 1. The fourth-order valence-corrected chi connectivity index (χ4v) is 2.68. The van der Waals surface area contributed by atoms with Gasteiger partial charge in [0.05, 0.1) is 5.69 Å². The van der Waals surface area contributed by atoms with Crippen LogP contribution in [0.1, 0.15) is 12.5 Å². The van der Waals surface area contributed by atoms with Gasteiger partial charge in [0.15, 0.2) is 11.5 Å². The fourth-order valence-electron chi connectivity index (χ4n) is 2.68. The Morgan fingerprint density at radius 3 is 2.53 bits per heavy atom. The number of ether oxygens (including phenoxy) is 2. The molecule has 0 unspecified atom stereocenters. The van der Waals surface area contributed by atoms with E-state index in [1.807, 2.05) is 0 Å². The molecule has 0 atom stereocenters. The molecule has 104 valence electrons. The molecule has 0 N–H and O–H groups in total. The second-order valence-corrected chi connectivity index (χ2v) is 5.28. The van der Waals surface area contributed by atoms with E-state index < -0.39 is 0 Å². The predicted octanol–water partition coefficient (Wildman–Crippen LogP) is 1.77. The number of hydrogen-bond acceptors (Lipinski definition) is 4. The molecule has 1 fully saturated rings. The molecular weight excluding hydrogens is 240 g/mol. The maximum Gasteiger partial charge on any atom is 0.184 e. The average molecular weight is 262 g/mol. The van der Waals surface area contributed by atoms with Gasteiger partial charge < -0.3 is 19.3 Å². The summed E-state index contributed by atoms with van der Waals surface area (Å²) in [6, 6.07) is 4.38. The summed E-state index contributed by atoms with van der Waals surface area (Å²) in [5.74, 6) is 1.85. The molecule has 4 nitrogen and oxygen atoms in total. The van der Waals surface area contributed by atoms with Crippen LogP contribution in [0.15, 0.2) is 12.1 Å². The van der Waals surface area contributed by atoms with Gasteiger partial charge in [-0.2, -0.15) is 0 Å². The van der Waals surface area contributed by atoms with E-state index in [0.717, 1.165) is 44.1 Å². The lowest BCUT2D eigenvalue weighted by Crippen LogP contribution is -2.44. The van der Waals surface area contributed by atoms with Crippen LogP contribution in [0.25, 0.3) is 0 Å². The molecule has 3 rings (SSSR count). The largest absolute Gasteiger partial charge is 0.486 e. The number of anilines is 1. The topological polar surface area (TPSA) is 24.9 Å². The monoisotopic (exact) mass is 262 g/mol. The highest BCUT2D eigenvalue weighted by molar-refractivity contribution is 5.67. The van der Waals surface area contributed by atoms with E-state index in [1.54, 1.807) is 0 Å². The highest BCUT2D eigenvalue weighted by Crippen LogP contribution is 2.41. The molecule has 2 aliphatic rings. The first-order chi connectivity index (χ1) is 9.28. The van der Waals surface area contributed by atoms with Crippen LogP contribution in [-0.4, -0.2) is 51.3 Å². The van der Waals surface area contributed by atoms with Crippen LogP contribution < -0.4 is 14.4 Å². The summed E-state index contributed by atoms with van der Waals surface area (Å²) in [7, 11) is 2.18. The summed E-state index contributed by atoms with van der Waals surface area (Å²) in [6.45, 7) is 7.80. The Balaban J connectivity index is 1.94. The lowest BCUT2D eigenvalue weighted by Gasteiger charge is -2.36. The standard InChI is InChI=1S/C15H22N2O2/c1-3-12-10-13(17-6-4-16(2)5-7-17)15-14(11-12)18-8-9-19-15/h10-11H,3-9H2,1-2H3. The zero-order valence-electron chi connectivity index (χ0n) is 11.8. The van der Waals surface area contributed by atoms with Gasteiger partial charge in [0.25, 0.3) is 0 Å². The van der Waals surface area contributed by atoms with Crippen molar-refractivity contribution in [2.24, 2.45) is 0 Å². The van der Waals surface area contributed by atoms with Crippen LogP contribution in [0.2, 0.25) is 0 Å². The van der Waals surface area contributed by atoms with Gasteiger partial charge in [-0.05, 0) is 31.2 Å². The fraction of sp³-hybridized carbons (Fsp3) is 0.600. The summed E-state index contributed by atoms with van der Waals surface area (Å²) in [5.41, 5.74) is 2.53. The first-order valence-corrected chi connectivity index (χ1v) is 7.14. The van der Waals surface area contributed by atoms with Crippen molar-refractivity contribution in [3.63, 3.8) is 0 Å². The summed E-state index contributed by atoms with van der Waals surface area (Å²) in [5, 5.41) is 0. The summed E-state index contributed by atoms with van der Waals surface area (Å²) < 4.78 is 11.6. The Hall–Kier alpha value is -1.42. The van der Waals surface area contributed by atoms with Crippen molar-refractivity contribution < 1.29 is 9.47 Å². The molecule has 4 heteroatoms. The lowest BCUT2D eigenvalue weighted by molar-refractivity contribution is 0.171. The highest BCUT2D eigenvalue weighted by Gasteiger charge is 2.23. The molecular formula is C15H22N2O2. The Kier molecular flexibility index (Phi) is 3.51. The molecule has 0 saturated carbocycles. The van der Waals surface area contributed by atoms with Gasteiger partial charge in [0.2, 0.25) is 0 Å². The number of piperazine rings is 1. The zero-order chi connectivity index (χ0) is 13.2. The Morgan fingerprint density at radius 1 is 1.05 bits per heavy atom. The second kappa shape index (κ2) is 5.29. The summed E-state index contributed by atoms with van der Waals surface area (Å²) in [6.07, 6.45) is 1.03.